The lowest BCUT2D eigenvalue weighted by Gasteiger charge is -2.09. The van der Waals surface area contributed by atoms with Crippen molar-refractivity contribution in [2.75, 3.05) is 42.7 Å². The predicted molar refractivity (Wildman–Crippen MR) is 135 cm³/mol. The molecule has 0 fully saturated rings. The van der Waals surface area contributed by atoms with Gasteiger partial charge < -0.3 is 28.4 Å². The lowest BCUT2D eigenvalue weighted by atomic mass is 10.0. The van der Waals surface area contributed by atoms with Gasteiger partial charge in [-0.2, -0.15) is 0 Å². The van der Waals surface area contributed by atoms with E-state index in [0.717, 1.165) is 0 Å². The minimum atomic E-state index is -0.488. The van der Waals surface area contributed by atoms with Crippen LogP contribution in [0.3, 0.4) is 0 Å². The van der Waals surface area contributed by atoms with Crippen molar-refractivity contribution in [3.8, 4) is 52.4 Å². The van der Waals surface area contributed by atoms with Gasteiger partial charge in [-0.25, -0.2) is 4.79 Å². The van der Waals surface area contributed by atoms with Gasteiger partial charge in [0.2, 0.25) is 0 Å². The van der Waals surface area contributed by atoms with E-state index in [4.69, 9.17) is 28.4 Å². The molecule has 0 N–H and O–H groups in total. The standard InChI is InChI=1S/C29H26O7/c1-31-23-13-20(14-24(18-23)32-2)8-11-22-17-28(35-5)27(34-4)16-21(22)10-7-19-9-12-25(29(30)36-6)26(15-19)33-3/h9,12-18H,1-6H3. The Morgan fingerprint density at radius 2 is 1.08 bits per heavy atom. The molecule has 0 heterocycles. The lowest BCUT2D eigenvalue weighted by molar-refractivity contribution is 0.0597. The monoisotopic (exact) mass is 486 g/mol. The Hall–Kier alpha value is -4.75. The quantitative estimate of drug-likeness (QED) is 0.380. The van der Waals surface area contributed by atoms with Crippen LogP contribution in [-0.4, -0.2) is 48.6 Å². The number of ether oxygens (including phenoxy) is 6. The molecule has 0 aliphatic carbocycles. The van der Waals surface area contributed by atoms with E-state index in [2.05, 4.69) is 23.7 Å². The normalized spacial score (nSPS) is 9.61. The molecular formula is C29H26O7. The van der Waals surface area contributed by atoms with Crippen LogP contribution in [0.4, 0.5) is 0 Å². The van der Waals surface area contributed by atoms with Gasteiger partial charge in [-0.15, -0.1) is 0 Å². The van der Waals surface area contributed by atoms with Gasteiger partial charge in [0.05, 0.1) is 42.7 Å². The summed E-state index contributed by atoms with van der Waals surface area (Å²) in [5, 5.41) is 0. The summed E-state index contributed by atoms with van der Waals surface area (Å²) >= 11 is 0. The average molecular weight is 487 g/mol. The molecule has 0 saturated heterocycles. The van der Waals surface area contributed by atoms with Crippen molar-refractivity contribution in [2.24, 2.45) is 0 Å². The molecule has 3 aromatic rings. The second-order valence-electron chi connectivity index (χ2n) is 7.26. The van der Waals surface area contributed by atoms with Crippen molar-refractivity contribution >= 4 is 5.97 Å². The summed E-state index contributed by atoms with van der Waals surface area (Å²) in [7, 11) is 9.08. The van der Waals surface area contributed by atoms with Crippen molar-refractivity contribution in [2.45, 2.75) is 0 Å². The van der Waals surface area contributed by atoms with Crippen LogP contribution >= 0.6 is 0 Å². The number of carbonyl (C=O) groups excluding carboxylic acids is 1. The maximum absolute atomic E-state index is 11.9. The highest BCUT2D eigenvalue weighted by molar-refractivity contribution is 5.92. The summed E-state index contributed by atoms with van der Waals surface area (Å²) < 4.78 is 31.7. The molecule has 0 radical (unpaired) electrons. The van der Waals surface area contributed by atoms with Crippen LogP contribution in [0.25, 0.3) is 0 Å². The van der Waals surface area contributed by atoms with E-state index in [9.17, 15) is 4.79 Å². The van der Waals surface area contributed by atoms with Gasteiger partial charge in [0.25, 0.3) is 0 Å². The van der Waals surface area contributed by atoms with Crippen molar-refractivity contribution in [3.05, 3.63) is 76.3 Å². The molecule has 36 heavy (non-hydrogen) atoms. The number of methoxy groups -OCH3 is 6. The third-order valence-corrected chi connectivity index (χ3v) is 5.17. The van der Waals surface area contributed by atoms with Crippen molar-refractivity contribution in [1.29, 1.82) is 0 Å². The van der Waals surface area contributed by atoms with E-state index < -0.39 is 5.97 Å². The SMILES string of the molecule is COC(=O)c1ccc(C#Cc2cc(OC)c(OC)cc2C#Cc2cc(OC)cc(OC)c2)cc1OC. The summed E-state index contributed by atoms with van der Waals surface area (Å²) in [6.07, 6.45) is 0. The van der Waals surface area contributed by atoms with Gasteiger partial charge >= 0.3 is 5.97 Å². The molecule has 0 aliphatic heterocycles. The largest absolute Gasteiger partial charge is 0.497 e. The van der Waals surface area contributed by atoms with Crippen molar-refractivity contribution < 1.29 is 33.2 Å². The molecule has 184 valence electrons. The maximum atomic E-state index is 11.9. The molecule has 0 unspecified atom stereocenters. The molecular weight excluding hydrogens is 460 g/mol. The second-order valence-corrected chi connectivity index (χ2v) is 7.26. The van der Waals surface area contributed by atoms with E-state index in [-0.39, 0.29) is 0 Å². The van der Waals surface area contributed by atoms with Gasteiger partial charge in [-0.3, -0.25) is 0 Å². The zero-order valence-electron chi connectivity index (χ0n) is 21.0. The zero-order valence-corrected chi connectivity index (χ0v) is 21.0. The fourth-order valence-corrected chi connectivity index (χ4v) is 3.29. The summed E-state index contributed by atoms with van der Waals surface area (Å²) in [6.45, 7) is 0. The third kappa shape index (κ3) is 6.02. The Bertz CT molecular complexity index is 1360. The van der Waals surface area contributed by atoms with Gasteiger partial charge in [0, 0.05) is 40.5 Å². The number of rotatable bonds is 6. The highest BCUT2D eigenvalue weighted by Crippen LogP contribution is 2.30. The van der Waals surface area contributed by atoms with E-state index >= 15 is 0 Å². The molecule has 0 aromatic heterocycles. The van der Waals surface area contributed by atoms with Gasteiger partial charge in [0.1, 0.15) is 22.8 Å². The summed E-state index contributed by atoms with van der Waals surface area (Å²) in [5.74, 6) is 14.7. The molecule has 0 saturated carbocycles. The average Bonchev–Trinajstić information content (AvgIpc) is 2.93. The number of esters is 1. The van der Waals surface area contributed by atoms with E-state index in [1.807, 2.05) is 12.1 Å². The molecule has 0 bridgehead atoms. The first-order chi connectivity index (χ1) is 17.5. The minimum absolute atomic E-state index is 0.317. The Labute approximate surface area is 210 Å². The summed E-state index contributed by atoms with van der Waals surface area (Å²) in [4.78, 5) is 11.9. The number of hydrogen-bond acceptors (Lipinski definition) is 7. The highest BCUT2D eigenvalue weighted by atomic mass is 16.5. The topological polar surface area (TPSA) is 72.5 Å². The molecule has 3 rings (SSSR count). The number of hydrogen-bond donors (Lipinski definition) is 0. The van der Waals surface area contributed by atoms with E-state index in [1.165, 1.54) is 14.2 Å². The van der Waals surface area contributed by atoms with E-state index in [1.54, 1.807) is 64.8 Å². The van der Waals surface area contributed by atoms with Crippen LogP contribution in [0.1, 0.15) is 32.6 Å². The number of carbonyl (C=O) groups is 1. The molecule has 7 heteroatoms. The van der Waals surface area contributed by atoms with Gasteiger partial charge in [-0.1, -0.05) is 23.7 Å². The van der Waals surface area contributed by atoms with Crippen LogP contribution in [0.5, 0.6) is 28.7 Å². The number of benzene rings is 3. The van der Waals surface area contributed by atoms with Gasteiger partial charge in [-0.05, 0) is 30.3 Å². The van der Waals surface area contributed by atoms with E-state index in [0.29, 0.717) is 56.6 Å². The van der Waals surface area contributed by atoms with Gasteiger partial charge in [0.15, 0.2) is 11.5 Å². The molecule has 7 nitrogen and oxygen atoms in total. The van der Waals surface area contributed by atoms with Crippen molar-refractivity contribution in [3.63, 3.8) is 0 Å². The first kappa shape index (κ1) is 25.9. The second kappa shape index (κ2) is 12.1. The van der Waals surface area contributed by atoms with Crippen molar-refractivity contribution in [1.82, 2.24) is 0 Å². The molecule has 0 amide bonds. The predicted octanol–water partition coefficient (Wildman–Crippen LogP) is 4.32. The fourth-order valence-electron chi connectivity index (χ4n) is 3.29. The minimum Gasteiger partial charge on any atom is -0.497 e. The first-order valence-electron chi connectivity index (χ1n) is 10.8. The maximum Gasteiger partial charge on any atom is 0.341 e. The Balaban J connectivity index is 2.09. The van der Waals surface area contributed by atoms with Crippen LogP contribution in [0, 0.1) is 23.7 Å². The third-order valence-electron chi connectivity index (χ3n) is 5.17. The highest BCUT2D eigenvalue weighted by Gasteiger charge is 2.13. The zero-order chi connectivity index (χ0) is 26.1. The van der Waals surface area contributed by atoms with Crippen LogP contribution < -0.4 is 23.7 Å². The summed E-state index contributed by atoms with van der Waals surface area (Å²) in [5.41, 5.74) is 2.94. The van der Waals surface area contributed by atoms with Crippen LogP contribution in [0.15, 0.2) is 48.5 Å². The fraction of sp³-hybridized carbons (Fsp3) is 0.207. The summed E-state index contributed by atoms with van der Waals surface area (Å²) in [6, 6.07) is 14.0. The molecule has 0 atom stereocenters. The smallest absolute Gasteiger partial charge is 0.341 e. The first-order valence-corrected chi connectivity index (χ1v) is 10.8. The Kier molecular flexibility index (Phi) is 8.69. The molecule has 3 aromatic carbocycles. The molecule has 0 spiro atoms. The van der Waals surface area contributed by atoms with Crippen LogP contribution in [-0.2, 0) is 4.74 Å². The Morgan fingerprint density at radius 3 is 1.56 bits per heavy atom. The molecule has 0 aliphatic rings. The Morgan fingerprint density at radius 1 is 0.556 bits per heavy atom. The lowest BCUT2D eigenvalue weighted by Crippen LogP contribution is -2.04. The van der Waals surface area contributed by atoms with Crippen LogP contribution in [0.2, 0.25) is 0 Å².